The number of halogens is 3. The highest BCUT2D eigenvalue weighted by Crippen LogP contribution is 2.18. The van der Waals surface area contributed by atoms with Crippen LogP contribution in [-0.2, 0) is 4.74 Å². The Hall–Kier alpha value is -1.20. The van der Waals surface area contributed by atoms with Crippen LogP contribution in [0.2, 0.25) is 0 Å². The molecule has 0 saturated heterocycles. The highest BCUT2D eigenvalue weighted by molar-refractivity contribution is 5.68. The summed E-state index contributed by atoms with van der Waals surface area (Å²) < 4.78 is 41.3. The van der Waals surface area contributed by atoms with Crippen LogP contribution in [0.4, 0.5) is 18.0 Å². The maximum atomic E-state index is 12.1. The molecule has 0 aromatic carbocycles. The van der Waals surface area contributed by atoms with Crippen LogP contribution >= 0.6 is 0 Å². The van der Waals surface area contributed by atoms with Crippen molar-refractivity contribution < 1.29 is 22.7 Å². The molecule has 0 spiro atoms. The lowest BCUT2D eigenvalue weighted by molar-refractivity contribution is -0.143. The van der Waals surface area contributed by atoms with Crippen LogP contribution < -0.4 is 0 Å². The summed E-state index contributed by atoms with van der Waals surface area (Å²) in [5.41, 5.74) is -0.817. The molecule has 3 nitrogen and oxygen atoms in total. The molecule has 0 saturated carbocycles. The molecule has 0 aliphatic heterocycles. The number of hydrogen-bond acceptors (Lipinski definition) is 2. The minimum Gasteiger partial charge on any atom is -0.444 e. The predicted octanol–water partition coefficient (Wildman–Crippen LogP) is 2.97. The van der Waals surface area contributed by atoms with Crippen molar-refractivity contribution in [1.82, 2.24) is 4.90 Å². The molecule has 16 heavy (non-hydrogen) atoms. The first kappa shape index (κ1) is 14.8. The Labute approximate surface area is 92.9 Å². The van der Waals surface area contributed by atoms with E-state index in [4.69, 9.17) is 4.74 Å². The second kappa shape index (κ2) is 5.23. The number of carbonyl (C=O) groups excluding carboxylic acids is 1. The monoisotopic (exact) mass is 239 g/mol. The van der Waals surface area contributed by atoms with E-state index >= 15 is 0 Å². The van der Waals surface area contributed by atoms with Gasteiger partial charge in [0.05, 0.1) is 0 Å². The quantitative estimate of drug-likeness (QED) is 0.708. The lowest BCUT2D eigenvalue weighted by atomic mass is 10.2. The number of hydrogen-bond donors (Lipinski definition) is 0. The topological polar surface area (TPSA) is 29.5 Å². The first-order valence-corrected chi connectivity index (χ1v) is 4.71. The van der Waals surface area contributed by atoms with Crippen molar-refractivity contribution in [3.63, 3.8) is 0 Å². The molecule has 0 fully saturated rings. The third-order valence-electron chi connectivity index (χ3n) is 1.37. The Morgan fingerprint density at radius 3 is 2.19 bits per heavy atom. The molecular formula is C10H16F3NO2. The van der Waals surface area contributed by atoms with Gasteiger partial charge >= 0.3 is 12.3 Å². The summed E-state index contributed by atoms with van der Waals surface area (Å²) in [7, 11) is 0. The van der Waals surface area contributed by atoms with Crippen molar-refractivity contribution in [2.45, 2.75) is 32.5 Å². The molecule has 1 amide bonds. The largest absolute Gasteiger partial charge is 0.444 e. The number of alkyl halides is 3. The van der Waals surface area contributed by atoms with E-state index in [0.29, 0.717) is 4.90 Å². The molecule has 0 heterocycles. The van der Waals surface area contributed by atoms with Gasteiger partial charge in [0.15, 0.2) is 0 Å². The van der Waals surface area contributed by atoms with Crippen molar-refractivity contribution in [3.05, 3.63) is 12.7 Å². The normalized spacial score (nSPS) is 12.1. The molecule has 0 aliphatic rings. The van der Waals surface area contributed by atoms with Gasteiger partial charge in [0, 0.05) is 6.54 Å². The van der Waals surface area contributed by atoms with Gasteiger partial charge in [0.1, 0.15) is 12.1 Å². The van der Waals surface area contributed by atoms with E-state index in [1.165, 1.54) is 6.08 Å². The second-order valence-corrected chi connectivity index (χ2v) is 4.26. The van der Waals surface area contributed by atoms with Crippen LogP contribution in [0.15, 0.2) is 12.7 Å². The van der Waals surface area contributed by atoms with Gasteiger partial charge in [0.25, 0.3) is 0 Å². The van der Waals surface area contributed by atoms with Crippen LogP contribution in [0.5, 0.6) is 0 Å². The molecule has 0 atom stereocenters. The maximum Gasteiger partial charge on any atom is 0.410 e. The average molecular weight is 239 g/mol. The van der Waals surface area contributed by atoms with Crippen LogP contribution in [0.1, 0.15) is 20.8 Å². The maximum absolute atomic E-state index is 12.1. The molecule has 0 bridgehead atoms. The third kappa shape index (κ3) is 7.14. The van der Waals surface area contributed by atoms with Crippen LogP contribution in [-0.4, -0.2) is 35.9 Å². The van der Waals surface area contributed by atoms with Crippen LogP contribution in [0.3, 0.4) is 0 Å². The number of carbonyl (C=O) groups is 1. The summed E-state index contributed by atoms with van der Waals surface area (Å²) in [5, 5.41) is 0. The molecule has 0 unspecified atom stereocenters. The Bertz CT molecular complexity index is 256. The van der Waals surface area contributed by atoms with E-state index in [1.54, 1.807) is 20.8 Å². The van der Waals surface area contributed by atoms with E-state index in [1.807, 2.05) is 0 Å². The highest BCUT2D eigenvalue weighted by atomic mass is 19.4. The smallest absolute Gasteiger partial charge is 0.410 e. The fraction of sp³-hybridized carbons (Fsp3) is 0.700. The van der Waals surface area contributed by atoms with Crippen molar-refractivity contribution in [2.75, 3.05) is 13.1 Å². The molecule has 0 aromatic rings. The predicted molar refractivity (Wildman–Crippen MR) is 54.1 cm³/mol. The molecule has 6 heteroatoms. The fourth-order valence-corrected chi connectivity index (χ4v) is 0.902. The van der Waals surface area contributed by atoms with Gasteiger partial charge in [-0.15, -0.1) is 6.58 Å². The van der Waals surface area contributed by atoms with E-state index < -0.39 is 24.4 Å². The Morgan fingerprint density at radius 1 is 1.38 bits per heavy atom. The van der Waals surface area contributed by atoms with E-state index in [2.05, 4.69) is 6.58 Å². The van der Waals surface area contributed by atoms with E-state index in [0.717, 1.165) is 0 Å². The molecule has 94 valence electrons. The van der Waals surface area contributed by atoms with Crippen LogP contribution in [0, 0.1) is 0 Å². The molecule has 0 rings (SSSR count). The van der Waals surface area contributed by atoms with Crippen LogP contribution in [0.25, 0.3) is 0 Å². The number of nitrogens with zero attached hydrogens (tertiary/aromatic N) is 1. The van der Waals surface area contributed by atoms with Gasteiger partial charge in [-0.3, -0.25) is 4.90 Å². The van der Waals surface area contributed by atoms with Crippen molar-refractivity contribution in [2.24, 2.45) is 0 Å². The zero-order chi connectivity index (χ0) is 13.0. The average Bonchev–Trinajstić information content (AvgIpc) is 1.97. The highest BCUT2D eigenvalue weighted by Gasteiger charge is 2.34. The summed E-state index contributed by atoms with van der Waals surface area (Å²) in [6.07, 6.45) is -4.22. The van der Waals surface area contributed by atoms with Gasteiger partial charge < -0.3 is 4.74 Å². The first-order valence-electron chi connectivity index (χ1n) is 4.71. The summed E-state index contributed by atoms with van der Waals surface area (Å²) in [5.74, 6) is 0. The standard InChI is InChI=1S/C10H16F3NO2/c1-5-6-14(7-10(11,12)13)8(15)16-9(2,3)4/h5H,1,6-7H2,2-4H3. The lowest BCUT2D eigenvalue weighted by Gasteiger charge is -2.27. The van der Waals surface area contributed by atoms with E-state index in [-0.39, 0.29) is 6.54 Å². The zero-order valence-corrected chi connectivity index (χ0v) is 9.60. The fourth-order valence-electron chi connectivity index (χ4n) is 0.902. The first-order chi connectivity index (χ1) is 7.05. The molecule has 0 aliphatic carbocycles. The summed E-state index contributed by atoms with van der Waals surface area (Å²) in [6, 6.07) is 0. The number of rotatable bonds is 3. The molecule has 0 N–H and O–H groups in total. The van der Waals surface area contributed by atoms with Gasteiger partial charge in [0.2, 0.25) is 0 Å². The van der Waals surface area contributed by atoms with Gasteiger partial charge in [-0.25, -0.2) is 4.79 Å². The minimum atomic E-state index is -4.44. The van der Waals surface area contributed by atoms with E-state index in [9.17, 15) is 18.0 Å². The summed E-state index contributed by atoms with van der Waals surface area (Å²) in [6.45, 7) is 6.52. The molecule has 0 aromatic heterocycles. The second-order valence-electron chi connectivity index (χ2n) is 4.26. The van der Waals surface area contributed by atoms with Gasteiger partial charge in [-0.05, 0) is 20.8 Å². The Balaban J connectivity index is 4.53. The van der Waals surface area contributed by atoms with Gasteiger partial charge in [-0.1, -0.05) is 6.08 Å². The molecular weight excluding hydrogens is 223 g/mol. The number of ether oxygens (including phenoxy) is 1. The summed E-state index contributed by atoms with van der Waals surface area (Å²) >= 11 is 0. The van der Waals surface area contributed by atoms with Crippen molar-refractivity contribution >= 4 is 6.09 Å². The molecule has 0 radical (unpaired) electrons. The Morgan fingerprint density at radius 2 is 1.88 bits per heavy atom. The third-order valence-corrected chi connectivity index (χ3v) is 1.37. The zero-order valence-electron chi connectivity index (χ0n) is 9.60. The van der Waals surface area contributed by atoms with Gasteiger partial charge in [-0.2, -0.15) is 13.2 Å². The van der Waals surface area contributed by atoms with Crippen molar-refractivity contribution in [1.29, 1.82) is 0 Å². The Kier molecular flexibility index (Phi) is 4.83. The van der Waals surface area contributed by atoms with Crippen molar-refractivity contribution in [3.8, 4) is 0 Å². The minimum absolute atomic E-state index is 0.200. The SMILES string of the molecule is C=CCN(CC(F)(F)F)C(=O)OC(C)(C)C. The number of amides is 1. The lowest BCUT2D eigenvalue weighted by Crippen LogP contribution is -2.42. The summed E-state index contributed by atoms with van der Waals surface area (Å²) in [4.78, 5) is 11.9.